The monoisotopic (exact) mass is 256 g/mol. The zero-order valence-corrected chi connectivity index (χ0v) is 11.3. The van der Waals surface area contributed by atoms with Crippen LogP contribution in [0.15, 0.2) is 47.1 Å². The van der Waals surface area contributed by atoms with Gasteiger partial charge in [0.15, 0.2) is 0 Å². The van der Waals surface area contributed by atoms with Gasteiger partial charge in [0, 0.05) is 17.8 Å². The van der Waals surface area contributed by atoms with E-state index >= 15 is 0 Å². The molecule has 3 heteroatoms. The second kappa shape index (κ2) is 5.10. The third-order valence-electron chi connectivity index (χ3n) is 3.64. The molecule has 1 saturated carbocycles. The molecular formula is C16H20N2O. The predicted molar refractivity (Wildman–Crippen MR) is 77.0 cm³/mol. The van der Waals surface area contributed by atoms with E-state index in [0.717, 1.165) is 12.3 Å². The van der Waals surface area contributed by atoms with Gasteiger partial charge in [-0.3, -0.25) is 0 Å². The van der Waals surface area contributed by atoms with Crippen molar-refractivity contribution in [2.45, 2.75) is 38.4 Å². The maximum Gasteiger partial charge on any atom is 0.123 e. The van der Waals surface area contributed by atoms with Gasteiger partial charge in [0.05, 0.1) is 12.8 Å². The zero-order chi connectivity index (χ0) is 13.2. The van der Waals surface area contributed by atoms with Crippen molar-refractivity contribution in [1.29, 1.82) is 0 Å². The van der Waals surface area contributed by atoms with Crippen LogP contribution in [0.25, 0.3) is 0 Å². The molecule has 0 aliphatic heterocycles. The van der Waals surface area contributed by atoms with Crippen molar-refractivity contribution in [3.05, 3.63) is 54.0 Å². The summed E-state index contributed by atoms with van der Waals surface area (Å²) in [5, 5.41) is 0. The highest BCUT2D eigenvalue weighted by molar-refractivity contribution is 5.50. The van der Waals surface area contributed by atoms with Crippen LogP contribution in [0.2, 0.25) is 0 Å². The normalized spacial score (nSPS) is 16.3. The fourth-order valence-corrected chi connectivity index (χ4v) is 2.36. The van der Waals surface area contributed by atoms with Gasteiger partial charge in [-0.1, -0.05) is 12.1 Å². The molecule has 1 heterocycles. The Hall–Kier alpha value is -1.74. The highest BCUT2D eigenvalue weighted by atomic mass is 16.3. The summed E-state index contributed by atoms with van der Waals surface area (Å²) in [6.07, 6.45) is 4.28. The number of hydrogen-bond acceptors (Lipinski definition) is 3. The highest BCUT2D eigenvalue weighted by Crippen LogP contribution is 2.33. The minimum absolute atomic E-state index is 0.0912. The van der Waals surface area contributed by atoms with Crippen LogP contribution >= 0.6 is 0 Å². The molecule has 1 aromatic heterocycles. The summed E-state index contributed by atoms with van der Waals surface area (Å²) in [5.74, 6) is 1.02. The number of furan rings is 1. The van der Waals surface area contributed by atoms with Gasteiger partial charge in [-0.15, -0.1) is 0 Å². The van der Waals surface area contributed by atoms with Gasteiger partial charge in [-0.25, -0.2) is 0 Å². The number of benzene rings is 1. The van der Waals surface area contributed by atoms with Crippen molar-refractivity contribution in [3.63, 3.8) is 0 Å². The number of anilines is 1. The number of hydrogen-bond donors (Lipinski definition) is 1. The summed E-state index contributed by atoms with van der Waals surface area (Å²) in [5.41, 5.74) is 8.32. The standard InChI is InChI=1S/C16H20N2O/c1-12(17)13-4-6-14(7-5-13)18(15-8-9-15)11-16-3-2-10-19-16/h2-7,10,12,15H,8-9,11,17H2,1H3. The lowest BCUT2D eigenvalue weighted by molar-refractivity contribution is 0.501. The molecule has 3 rings (SSSR count). The number of nitrogens with zero attached hydrogens (tertiary/aromatic N) is 1. The summed E-state index contributed by atoms with van der Waals surface area (Å²) < 4.78 is 5.46. The van der Waals surface area contributed by atoms with Crippen LogP contribution < -0.4 is 10.6 Å². The molecular weight excluding hydrogens is 236 g/mol. The molecule has 3 nitrogen and oxygen atoms in total. The van der Waals surface area contributed by atoms with E-state index in [2.05, 4.69) is 29.2 Å². The molecule has 1 unspecified atom stereocenters. The smallest absolute Gasteiger partial charge is 0.123 e. The number of rotatable bonds is 5. The van der Waals surface area contributed by atoms with Gasteiger partial charge in [0.2, 0.25) is 0 Å². The van der Waals surface area contributed by atoms with E-state index in [4.69, 9.17) is 10.2 Å². The summed E-state index contributed by atoms with van der Waals surface area (Å²) in [6.45, 7) is 2.85. The van der Waals surface area contributed by atoms with Crippen molar-refractivity contribution in [1.82, 2.24) is 0 Å². The molecule has 0 bridgehead atoms. The number of nitrogens with two attached hydrogens (primary N) is 1. The summed E-state index contributed by atoms with van der Waals surface area (Å²) in [7, 11) is 0. The van der Waals surface area contributed by atoms with Crippen LogP contribution in [0.5, 0.6) is 0 Å². The van der Waals surface area contributed by atoms with Crippen molar-refractivity contribution >= 4 is 5.69 Å². The maximum absolute atomic E-state index is 5.89. The van der Waals surface area contributed by atoms with E-state index in [1.807, 2.05) is 19.1 Å². The first-order valence-electron chi connectivity index (χ1n) is 6.88. The third kappa shape index (κ3) is 2.82. The molecule has 1 fully saturated rings. The van der Waals surface area contributed by atoms with Gasteiger partial charge in [-0.05, 0) is 49.6 Å². The SMILES string of the molecule is CC(N)c1ccc(N(Cc2ccco2)C2CC2)cc1. The predicted octanol–water partition coefficient (Wildman–Crippen LogP) is 3.47. The third-order valence-corrected chi connectivity index (χ3v) is 3.64. The first-order valence-corrected chi connectivity index (χ1v) is 6.88. The lowest BCUT2D eigenvalue weighted by Gasteiger charge is -2.24. The Labute approximate surface area is 114 Å². The van der Waals surface area contributed by atoms with Crippen molar-refractivity contribution in [3.8, 4) is 0 Å². The van der Waals surface area contributed by atoms with Crippen molar-refractivity contribution in [2.24, 2.45) is 5.73 Å². The molecule has 0 radical (unpaired) electrons. The Bertz CT molecular complexity index is 512. The molecule has 100 valence electrons. The largest absolute Gasteiger partial charge is 0.467 e. The van der Waals surface area contributed by atoms with Crippen LogP contribution in [0, 0.1) is 0 Å². The molecule has 0 spiro atoms. The lowest BCUT2D eigenvalue weighted by atomic mass is 10.1. The Morgan fingerprint density at radius 3 is 2.53 bits per heavy atom. The molecule has 1 aliphatic rings. The van der Waals surface area contributed by atoms with Crippen molar-refractivity contribution in [2.75, 3.05) is 4.90 Å². The fourth-order valence-electron chi connectivity index (χ4n) is 2.36. The second-order valence-corrected chi connectivity index (χ2v) is 5.32. The molecule has 0 saturated heterocycles. The Kier molecular flexibility index (Phi) is 3.30. The topological polar surface area (TPSA) is 42.4 Å². The minimum atomic E-state index is 0.0912. The fraction of sp³-hybridized carbons (Fsp3) is 0.375. The van der Waals surface area contributed by atoms with E-state index in [-0.39, 0.29) is 6.04 Å². The summed E-state index contributed by atoms with van der Waals surface area (Å²) >= 11 is 0. The highest BCUT2D eigenvalue weighted by Gasteiger charge is 2.29. The zero-order valence-electron chi connectivity index (χ0n) is 11.3. The molecule has 2 aromatic rings. The molecule has 0 amide bonds. The first kappa shape index (κ1) is 12.3. The van der Waals surface area contributed by atoms with Crippen LogP contribution in [0.1, 0.15) is 37.1 Å². The minimum Gasteiger partial charge on any atom is -0.467 e. The lowest BCUT2D eigenvalue weighted by Crippen LogP contribution is -2.24. The van der Waals surface area contributed by atoms with E-state index in [0.29, 0.717) is 6.04 Å². The molecule has 1 aliphatic carbocycles. The second-order valence-electron chi connectivity index (χ2n) is 5.32. The van der Waals surface area contributed by atoms with Gasteiger partial charge in [0.1, 0.15) is 5.76 Å². The van der Waals surface area contributed by atoms with Crippen molar-refractivity contribution < 1.29 is 4.42 Å². The van der Waals surface area contributed by atoms with E-state index in [1.54, 1.807) is 6.26 Å². The van der Waals surface area contributed by atoms with Crippen LogP contribution in [-0.4, -0.2) is 6.04 Å². The van der Waals surface area contributed by atoms with Gasteiger partial charge < -0.3 is 15.1 Å². The Balaban J connectivity index is 1.79. The van der Waals surface area contributed by atoms with Crippen LogP contribution in [0.3, 0.4) is 0 Å². The molecule has 1 aromatic carbocycles. The molecule has 2 N–H and O–H groups in total. The Morgan fingerprint density at radius 1 is 1.26 bits per heavy atom. The van der Waals surface area contributed by atoms with E-state index < -0.39 is 0 Å². The van der Waals surface area contributed by atoms with Crippen LogP contribution in [0.4, 0.5) is 5.69 Å². The average molecular weight is 256 g/mol. The maximum atomic E-state index is 5.89. The average Bonchev–Trinajstić information content (AvgIpc) is 3.13. The van der Waals surface area contributed by atoms with Gasteiger partial charge in [-0.2, -0.15) is 0 Å². The van der Waals surface area contributed by atoms with Crippen LogP contribution in [-0.2, 0) is 6.54 Å². The molecule has 1 atom stereocenters. The summed E-state index contributed by atoms with van der Waals surface area (Å²) in [4.78, 5) is 2.42. The van der Waals surface area contributed by atoms with E-state index in [1.165, 1.54) is 24.1 Å². The summed E-state index contributed by atoms with van der Waals surface area (Å²) in [6, 6.07) is 13.3. The van der Waals surface area contributed by atoms with Gasteiger partial charge in [0.25, 0.3) is 0 Å². The first-order chi connectivity index (χ1) is 9.24. The van der Waals surface area contributed by atoms with Gasteiger partial charge >= 0.3 is 0 Å². The quantitative estimate of drug-likeness (QED) is 0.890. The Morgan fingerprint density at radius 2 is 2.00 bits per heavy atom. The molecule has 19 heavy (non-hydrogen) atoms. The van der Waals surface area contributed by atoms with E-state index in [9.17, 15) is 0 Å².